The van der Waals surface area contributed by atoms with Gasteiger partial charge in [-0.1, -0.05) is 6.92 Å². The number of hydrogen-bond acceptors (Lipinski definition) is 3. The number of piperidine rings is 1. The predicted molar refractivity (Wildman–Crippen MR) is 104 cm³/mol. The number of pyridine rings is 1. The van der Waals surface area contributed by atoms with Gasteiger partial charge in [0.15, 0.2) is 5.65 Å². The summed E-state index contributed by atoms with van der Waals surface area (Å²) in [5.41, 5.74) is 3.48. The van der Waals surface area contributed by atoms with Crippen molar-refractivity contribution in [3.63, 3.8) is 0 Å². The first-order chi connectivity index (χ1) is 12.3. The molecule has 0 aromatic carbocycles. The van der Waals surface area contributed by atoms with Gasteiger partial charge in [-0.3, -0.25) is 4.79 Å². The number of amides is 1. The minimum Gasteiger partial charge on any atom is -0.339 e. The summed E-state index contributed by atoms with van der Waals surface area (Å²) < 4.78 is 2.00. The van der Waals surface area contributed by atoms with Gasteiger partial charge in [-0.2, -0.15) is 5.10 Å². The van der Waals surface area contributed by atoms with Gasteiger partial charge in [0.2, 0.25) is 0 Å². The third-order valence-electron chi connectivity index (χ3n) is 5.76. The number of likely N-dealkylation sites (tertiary alicyclic amines) is 1. The smallest absolute Gasteiger partial charge is 0.254 e. The molecule has 1 aliphatic carbocycles. The van der Waals surface area contributed by atoms with E-state index in [1.807, 2.05) is 16.5 Å². The van der Waals surface area contributed by atoms with Gasteiger partial charge < -0.3 is 4.90 Å². The van der Waals surface area contributed by atoms with Gasteiger partial charge in [0.1, 0.15) is 0 Å². The van der Waals surface area contributed by atoms with Crippen molar-refractivity contribution in [2.45, 2.75) is 71.8 Å². The third kappa shape index (κ3) is 3.01. The van der Waals surface area contributed by atoms with Crippen molar-refractivity contribution >= 4 is 16.9 Å². The topological polar surface area (TPSA) is 51.0 Å². The van der Waals surface area contributed by atoms with Crippen LogP contribution in [0.25, 0.3) is 11.0 Å². The van der Waals surface area contributed by atoms with Crippen molar-refractivity contribution in [3.8, 4) is 0 Å². The molecule has 5 heteroatoms. The van der Waals surface area contributed by atoms with Gasteiger partial charge in [-0.15, -0.1) is 0 Å². The molecular formula is C21H30N4O. The van der Waals surface area contributed by atoms with Gasteiger partial charge >= 0.3 is 0 Å². The second-order valence-corrected chi connectivity index (χ2v) is 9.21. The molecule has 26 heavy (non-hydrogen) atoms. The maximum Gasteiger partial charge on any atom is 0.254 e. The fraction of sp³-hybridized carbons (Fsp3) is 0.667. The number of nitrogens with zero attached hydrogens (tertiary/aromatic N) is 4. The van der Waals surface area contributed by atoms with E-state index in [2.05, 4.69) is 33.8 Å². The van der Waals surface area contributed by atoms with E-state index in [-0.39, 0.29) is 11.4 Å². The van der Waals surface area contributed by atoms with Gasteiger partial charge in [0.25, 0.3) is 5.91 Å². The van der Waals surface area contributed by atoms with Crippen LogP contribution in [0.15, 0.2) is 6.07 Å². The largest absolute Gasteiger partial charge is 0.339 e. The number of aryl methyl sites for hydroxylation is 1. The quantitative estimate of drug-likeness (QED) is 0.810. The van der Waals surface area contributed by atoms with Crippen molar-refractivity contribution in [2.24, 2.45) is 5.92 Å². The van der Waals surface area contributed by atoms with Crippen LogP contribution in [0, 0.1) is 12.8 Å². The Labute approximate surface area is 155 Å². The van der Waals surface area contributed by atoms with Crippen LogP contribution in [0.3, 0.4) is 0 Å². The third-order valence-corrected chi connectivity index (χ3v) is 5.76. The fourth-order valence-corrected chi connectivity index (χ4v) is 3.91. The Morgan fingerprint density at radius 3 is 2.38 bits per heavy atom. The number of carbonyl (C=O) groups excluding carboxylic acids is 1. The van der Waals surface area contributed by atoms with Crippen LogP contribution in [0.4, 0.5) is 0 Å². The molecule has 0 spiro atoms. The van der Waals surface area contributed by atoms with E-state index in [1.165, 1.54) is 12.8 Å². The summed E-state index contributed by atoms with van der Waals surface area (Å²) in [6.07, 6.45) is 4.54. The summed E-state index contributed by atoms with van der Waals surface area (Å²) >= 11 is 0. The first-order valence-electron chi connectivity index (χ1n) is 9.95. The Morgan fingerprint density at radius 2 is 1.81 bits per heavy atom. The first-order valence-corrected chi connectivity index (χ1v) is 9.95. The molecule has 0 N–H and O–H groups in total. The minimum absolute atomic E-state index is 0.155. The van der Waals surface area contributed by atoms with E-state index in [0.29, 0.717) is 11.8 Å². The molecule has 1 aliphatic heterocycles. The minimum atomic E-state index is -0.164. The van der Waals surface area contributed by atoms with E-state index in [9.17, 15) is 4.79 Å². The zero-order chi connectivity index (χ0) is 18.6. The lowest BCUT2D eigenvalue weighted by molar-refractivity contribution is 0.0699. The normalized spacial score (nSPS) is 19.3. The zero-order valence-corrected chi connectivity index (χ0v) is 16.7. The Bertz CT molecular complexity index is 849. The van der Waals surface area contributed by atoms with Gasteiger partial charge in [-0.05, 0) is 65.4 Å². The average Bonchev–Trinajstić information content (AvgIpc) is 3.37. The summed E-state index contributed by atoms with van der Waals surface area (Å²) in [4.78, 5) is 20.4. The van der Waals surface area contributed by atoms with E-state index in [0.717, 1.165) is 53.9 Å². The molecule has 4 rings (SSSR count). The zero-order valence-electron chi connectivity index (χ0n) is 16.7. The molecule has 1 saturated heterocycles. The summed E-state index contributed by atoms with van der Waals surface area (Å²) in [5, 5.41) is 5.70. The van der Waals surface area contributed by atoms with Crippen LogP contribution in [0.1, 0.15) is 81.0 Å². The Kier molecular flexibility index (Phi) is 4.08. The highest BCUT2D eigenvalue weighted by Gasteiger charge is 2.32. The van der Waals surface area contributed by atoms with Crippen LogP contribution in [-0.2, 0) is 5.54 Å². The molecule has 1 amide bonds. The predicted octanol–water partition coefficient (Wildman–Crippen LogP) is 4.24. The highest BCUT2D eigenvalue weighted by atomic mass is 16.2. The van der Waals surface area contributed by atoms with Crippen molar-refractivity contribution in [2.75, 3.05) is 13.1 Å². The molecule has 5 nitrogen and oxygen atoms in total. The molecule has 3 heterocycles. The maximum absolute atomic E-state index is 13.4. The van der Waals surface area contributed by atoms with E-state index in [4.69, 9.17) is 10.1 Å². The Hall–Kier alpha value is -1.91. The highest BCUT2D eigenvalue weighted by Crippen LogP contribution is 2.41. The van der Waals surface area contributed by atoms with Gasteiger partial charge in [0.05, 0.1) is 22.2 Å². The highest BCUT2D eigenvalue weighted by molar-refractivity contribution is 6.06. The monoisotopic (exact) mass is 354 g/mol. The maximum atomic E-state index is 13.4. The van der Waals surface area contributed by atoms with Crippen molar-refractivity contribution < 1.29 is 4.79 Å². The van der Waals surface area contributed by atoms with Gasteiger partial charge in [0, 0.05) is 24.7 Å². The fourth-order valence-electron chi connectivity index (χ4n) is 3.91. The molecule has 0 radical (unpaired) electrons. The molecule has 0 atom stereocenters. The summed E-state index contributed by atoms with van der Waals surface area (Å²) in [5.74, 6) is 1.38. The van der Waals surface area contributed by atoms with Crippen LogP contribution in [-0.4, -0.2) is 38.7 Å². The second kappa shape index (κ2) is 6.07. The molecule has 2 aliphatic rings. The first kappa shape index (κ1) is 17.5. The van der Waals surface area contributed by atoms with Crippen molar-refractivity contribution in [1.29, 1.82) is 0 Å². The number of fused-ring (bicyclic) bond motifs is 1. The molecule has 2 aromatic rings. The molecule has 140 valence electrons. The molecular weight excluding hydrogens is 324 g/mol. The lowest BCUT2D eigenvalue weighted by atomic mass is 9.98. The molecule has 1 saturated carbocycles. The summed E-state index contributed by atoms with van der Waals surface area (Å²) in [6, 6.07) is 2.06. The van der Waals surface area contributed by atoms with E-state index in [1.54, 1.807) is 0 Å². The van der Waals surface area contributed by atoms with E-state index < -0.39 is 0 Å². The lowest BCUT2D eigenvalue weighted by Gasteiger charge is -2.30. The Balaban J connectivity index is 1.85. The molecule has 0 bridgehead atoms. The van der Waals surface area contributed by atoms with E-state index >= 15 is 0 Å². The standard InChI is InChI=1S/C21H30N4O/c1-13-8-10-24(11-9-13)20(26)16-12-17(15-6-7-15)22-19-18(16)14(2)23-25(19)21(3,4)5/h12-13,15H,6-11H2,1-5H3. The number of aromatic nitrogens is 3. The summed E-state index contributed by atoms with van der Waals surface area (Å²) in [6.45, 7) is 12.4. The SMILES string of the molecule is Cc1nn(C(C)(C)C)c2nc(C3CC3)cc(C(=O)N3CCC(C)CC3)c12. The molecule has 0 unspecified atom stereocenters. The van der Waals surface area contributed by atoms with Gasteiger partial charge in [-0.25, -0.2) is 9.67 Å². The molecule has 2 aromatic heterocycles. The van der Waals surface area contributed by atoms with Crippen LogP contribution in [0.2, 0.25) is 0 Å². The average molecular weight is 354 g/mol. The summed E-state index contributed by atoms with van der Waals surface area (Å²) in [7, 11) is 0. The molecule has 2 fully saturated rings. The number of hydrogen-bond donors (Lipinski definition) is 0. The van der Waals surface area contributed by atoms with Crippen molar-refractivity contribution in [1.82, 2.24) is 19.7 Å². The lowest BCUT2D eigenvalue weighted by Crippen LogP contribution is -2.38. The number of rotatable bonds is 2. The van der Waals surface area contributed by atoms with Crippen molar-refractivity contribution in [3.05, 3.63) is 23.0 Å². The van der Waals surface area contributed by atoms with Crippen LogP contribution in [0.5, 0.6) is 0 Å². The van der Waals surface area contributed by atoms with Crippen LogP contribution >= 0.6 is 0 Å². The second-order valence-electron chi connectivity index (χ2n) is 9.21. The Morgan fingerprint density at radius 1 is 1.15 bits per heavy atom. The number of carbonyl (C=O) groups is 1. The van der Waals surface area contributed by atoms with Crippen LogP contribution < -0.4 is 0 Å².